The van der Waals surface area contributed by atoms with Gasteiger partial charge in [-0.3, -0.25) is 0 Å². The van der Waals surface area contributed by atoms with Gasteiger partial charge in [-0.15, -0.1) is 0 Å². The van der Waals surface area contributed by atoms with Crippen LogP contribution in [0.4, 0.5) is 5.82 Å². The van der Waals surface area contributed by atoms with E-state index in [1.165, 1.54) is 12.8 Å². The van der Waals surface area contributed by atoms with E-state index < -0.39 is 0 Å². The third-order valence-electron chi connectivity index (χ3n) is 3.53. The molecule has 0 aliphatic heterocycles. The average Bonchev–Trinajstić information content (AvgIpc) is 3.32. The van der Waals surface area contributed by atoms with Gasteiger partial charge in [0, 0.05) is 18.5 Å². The molecule has 0 unspecified atom stereocenters. The fraction of sp³-hybridized carbons (Fsp3) is 0.412. The van der Waals surface area contributed by atoms with Gasteiger partial charge in [-0.2, -0.15) is 4.98 Å². The van der Waals surface area contributed by atoms with Crippen molar-refractivity contribution in [2.45, 2.75) is 39.0 Å². The van der Waals surface area contributed by atoms with Gasteiger partial charge in [0.05, 0.1) is 0 Å². The molecular weight excluding hydrogens is 262 g/mol. The van der Waals surface area contributed by atoms with Crippen LogP contribution in [-0.4, -0.2) is 16.5 Å². The van der Waals surface area contributed by atoms with Crippen molar-refractivity contribution in [2.24, 2.45) is 0 Å². The molecule has 0 spiro atoms. The lowest BCUT2D eigenvalue weighted by Crippen LogP contribution is -2.05. The maximum absolute atomic E-state index is 5.96. The minimum atomic E-state index is 0.507. The van der Waals surface area contributed by atoms with Gasteiger partial charge < -0.3 is 10.1 Å². The number of ether oxygens (including phenoxy) is 1. The molecule has 1 aromatic heterocycles. The number of para-hydroxylation sites is 1. The second-order valence-corrected chi connectivity index (χ2v) is 5.52. The van der Waals surface area contributed by atoms with Crippen molar-refractivity contribution in [3.05, 3.63) is 41.7 Å². The van der Waals surface area contributed by atoms with Crippen molar-refractivity contribution in [2.75, 3.05) is 11.9 Å². The first-order valence-corrected chi connectivity index (χ1v) is 7.62. The second-order valence-electron chi connectivity index (χ2n) is 5.52. The molecule has 1 N–H and O–H groups in total. The highest BCUT2D eigenvalue weighted by atomic mass is 16.5. The molecule has 0 amide bonds. The Morgan fingerprint density at radius 2 is 2.05 bits per heavy atom. The molecule has 0 radical (unpaired) electrons. The SMILES string of the molecule is CCCNc1cc(Oc2ccccc2C)nc(C2CC2)n1. The summed E-state index contributed by atoms with van der Waals surface area (Å²) in [5.41, 5.74) is 1.10. The van der Waals surface area contributed by atoms with E-state index in [0.29, 0.717) is 11.8 Å². The first-order valence-electron chi connectivity index (χ1n) is 7.62. The molecular formula is C17H21N3O. The third kappa shape index (κ3) is 3.51. The van der Waals surface area contributed by atoms with Crippen LogP contribution in [0, 0.1) is 6.92 Å². The van der Waals surface area contributed by atoms with Gasteiger partial charge in [0.25, 0.3) is 0 Å². The Bertz CT molecular complexity index is 623. The zero-order valence-corrected chi connectivity index (χ0v) is 12.6. The number of aryl methyl sites for hydroxylation is 1. The summed E-state index contributed by atoms with van der Waals surface area (Å²) in [5.74, 6) is 3.74. The highest BCUT2D eigenvalue weighted by Gasteiger charge is 2.27. The van der Waals surface area contributed by atoms with Crippen LogP contribution in [0.5, 0.6) is 11.6 Å². The average molecular weight is 283 g/mol. The van der Waals surface area contributed by atoms with Crippen LogP contribution in [-0.2, 0) is 0 Å². The van der Waals surface area contributed by atoms with Crippen molar-refractivity contribution in [1.29, 1.82) is 0 Å². The molecule has 3 rings (SSSR count). The standard InChI is InChI=1S/C17H21N3O/c1-3-10-18-15-11-16(20-17(19-15)13-8-9-13)21-14-7-5-4-6-12(14)2/h4-7,11,13H,3,8-10H2,1-2H3,(H,18,19,20). The van der Waals surface area contributed by atoms with E-state index in [2.05, 4.69) is 22.2 Å². The lowest BCUT2D eigenvalue weighted by atomic mass is 10.2. The Labute approximate surface area is 125 Å². The number of aromatic nitrogens is 2. The van der Waals surface area contributed by atoms with Crippen LogP contribution < -0.4 is 10.1 Å². The molecule has 1 aliphatic rings. The molecule has 4 heteroatoms. The summed E-state index contributed by atoms with van der Waals surface area (Å²) in [6.07, 6.45) is 3.43. The van der Waals surface area contributed by atoms with E-state index in [-0.39, 0.29) is 0 Å². The number of hydrogen-bond acceptors (Lipinski definition) is 4. The smallest absolute Gasteiger partial charge is 0.224 e. The summed E-state index contributed by atoms with van der Waals surface area (Å²) in [7, 11) is 0. The topological polar surface area (TPSA) is 47.0 Å². The quantitative estimate of drug-likeness (QED) is 0.859. The van der Waals surface area contributed by atoms with Crippen molar-refractivity contribution in [1.82, 2.24) is 9.97 Å². The molecule has 0 saturated heterocycles. The monoisotopic (exact) mass is 283 g/mol. The molecule has 4 nitrogen and oxygen atoms in total. The van der Waals surface area contributed by atoms with Crippen LogP contribution >= 0.6 is 0 Å². The number of benzene rings is 1. The van der Waals surface area contributed by atoms with Gasteiger partial charge in [0.2, 0.25) is 5.88 Å². The van der Waals surface area contributed by atoms with Crippen LogP contribution in [0.25, 0.3) is 0 Å². The van der Waals surface area contributed by atoms with Gasteiger partial charge in [0.15, 0.2) is 0 Å². The van der Waals surface area contributed by atoms with Gasteiger partial charge in [-0.05, 0) is 37.8 Å². The van der Waals surface area contributed by atoms with Gasteiger partial charge in [-0.25, -0.2) is 4.98 Å². The third-order valence-corrected chi connectivity index (χ3v) is 3.53. The minimum Gasteiger partial charge on any atom is -0.439 e. The van der Waals surface area contributed by atoms with Crippen molar-refractivity contribution in [3.8, 4) is 11.6 Å². The lowest BCUT2D eigenvalue weighted by Gasteiger charge is -2.11. The van der Waals surface area contributed by atoms with Crippen LogP contribution in [0.15, 0.2) is 30.3 Å². The summed E-state index contributed by atoms with van der Waals surface area (Å²) in [6, 6.07) is 9.86. The molecule has 1 fully saturated rings. The zero-order valence-electron chi connectivity index (χ0n) is 12.6. The first-order chi connectivity index (χ1) is 10.3. The zero-order chi connectivity index (χ0) is 14.7. The Morgan fingerprint density at radius 3 is 2.76 bits per heavy atom. The summed E-state index contributed by atoms with van der Waals surface area (Å²) in [4.78, 5) is 9.16. The lowest BCUT2D eigenvalue weighted by molar-refractivity contribution is 0.455. The fourth-order valence-corrected chi connectivity index (χ4v) is 2.15. The molecule has 0 atom stereocenters. The van der Waals surface area contributed by atoms with E-state index in [1.54, 1.807) is 0 Å². The predicted molar refractivity (Wildman–Crippen MR) is 84.0 cm³/mol. The Balaban J connectivity index is 1.86. The van der Waals surface area contributed by atoms with Crippen molar-refractivity contribution in [3.63, 3.8) is 0 Å². The summed E-state index contributed by atoms with van der Waals surface area (Å²) in [5, 5.41) is 3.33. The Kier molecular flexibility index (Phi) is 4.04. The summed E-state index contributed by atoms with van der Waals surface area (Å²) in [6.45, 7) is 5.08. The van der Waals surface area contributed by atoms with Gasteiger partial charge >= 0.3 is 0 Å². The second kappa shape index (κ2) is 6.12. The number of nitrogens with one attached hydrogen (secondary N) is 1. The number of anilines is 1. The van der Waals surface area contributed by atoms with Crippen molar-refractivity contribution >= 4 is 5.82 Å². The summed E-state index contributed by atoms with van der Waals surface area (Å²) >= 11 is 0. The molecule has 2 aromatic rings. The largest absolute Gasteiger partial charge is 0.439 e. The maximum atomic E-state index is 5.96. The highest BCUT2D eigenvalue weighted by Crippen LogP contribution is 2.39. The van der Waals surface area contributed by atoms with E-state index >= 15 is 0 Å². The molecule has 1 aromatic carbocycles. The normalized spacial score (nSPS) is 14.0. The molecule has 1 aliphatic carbocycles. The van der Waals surface area contributed by atoms with E-state index in [0.717, 1.165) is 35.9 Å². The molecule has 0 bridgehead atoms. The van der Waals surface area contributed by atoms with Gasteiger partial charge in [-0.1, -0.05) is 25.1 Å². The number of rotatable bonds is 6. The predicted octanol–water partition coefficient (Wildman–Crippen LogP) is 4.28. The fourth-order valence-electron chi connectivity index (χ4n) is 2.15. The minimum absolute atomic E-state index is 0.507. The molecule has 110 valence electrons. The van der Waals surface area contributed by atoms with E-state index in [4.69, 9.17) is 4.74 Å². The first kappa shape index (κ1) is 13.9. The number of hydrogen-bond donors (Lipinski definition) is 1. The maximum Gasteiger partial charge on any atom is 0.224 e. The van der Waals surface area contributed by atoms with Crippen LogP contribution in [0.3, 0.4) is 0 Å². The van der Waals surface area contributed by atoms with E-state index in [9.17, 15) is 0 Å². The van der Waals surface area contributed by atoms with Crippen LogP contribution in [0.1, 0.15) is 43.5 Å². The number of nitrogens with zero attached hydrogens (tertiary/aromatic N) is 2. The molecule has 1 saturated carbocycles. The Hall–Kier alpha value is -2.10. The molecule has 21 heavy (non-hydrogen) atoms. The Morgan fingerprint density at radius 1 is 1.24 bits per heavy atom. The van der Waals surface area contributed by atoms with Crippen LogP contribution in [0.2, 0.25) is 0 Å². The van der Waals surface area contributed by atoms with E-state index in [1.807, 2.05) is 37.3 Å². The highest BCUT2D eigenvalue weighted by molar-refractivity contribution is 5.42. The molecule has 1 heterocycles. The van der Waals surface area contributed by atoms with Gasteiger partial charge in [0.1, 0.15) is 17.4 Å². The summed E-state index contributed by atoms with van der Waals surface area (Å²) < 4.78 is 5.96. The van der Waals surface area contributed by atoms with Crippen molar-refractivity contribution < 1.29 is 4.74 Å².